The van der Waals surface area contributed by atoms with Crippen molar-refractivity contribution in [2.24, 2.45) is 7.05 Å². The molecule has 0 radical (unpaired) electrons. The Bertz CT molecular complexity index is 944. The number of esters is 1. The molecule has 2 rings (SSSR count). The highest BCUT2D eigenvalue weighted by Gasteiger charge is 2.58. The van der Waals surface area contributed by atoms with Gasteiger partial charge in [-0.15, -0.1) is 0 Å². The molecule has 0 saturated heterocycles. The van der Waals surface area contributed by atoms with Gasteiger partial charge in [0.2, 0.25) is 11.5 Å². The van der Waals surface area contributed by atoms with Crippen LogP contribution in [0, 0.1) is 0 Å². The van der Waals surface area contributed by atoms with Crippen molar-refractivity contribution in [3.63, 3.8) is 0 Å². The number of methoxy groups -OCH3 is 1. The molecule has 9 nitrogen and oxygen atoms in total. The first-order valence-corrected chi connectivity index (χ1v) is 8.50. The lowest BCUT2D eigenvalue weighted by Gasteiger charge is -2.29. The molecule has 1 unspecified atom stereocenters. The molecular weight excluding hydrogens is 409 g/mol. The van der Waals surface area contributed by atoms with Gasteiger partial charge in [0, 0.05) is 30.7 Å². The number of aromatic nitrogens is 2. The third-order valence-corrected chi connectivity index (χ3v) is 4.11. The summed E-state index contributed by atoms with van der Waals surface area (Å²) in [5, 5.41) is 14.8. The van der Waals surface area contributed by atoms with E-state index in [0.717, 1.165) is 17.9 Å². The number of nitrogens with zero attached hydrogens (tertiary/aromatic N) is 2. The number of aliphatic hydroxyl groups is 1. The Labute approximate surface area is 168 Å². The monoisotopic (exact) mass is 428 g/mol. The number of nitrogens with one attached hydrogen (secondary N) is 2. The normalized spacial score (nSPS) is 13.3. The lowest BCUT2D eigenvalue weighted by Crippen LogP contribution is -2.46. The van der Waals surface area contributed by atoms with Gasteiger partial charge in [-0.2, -0.15) is 13.2 Å². The molecule has 0 aliphatic rings. The van der Waals surface area contributed by atoms with Gasteiger partial charge in [-0.25, -0.2) is 4.98 Å². The second-order valence-corrected chi connectivity index (χ2v) is 6.28. The summed E-state index contributed by atoms with van der Waals surface area (Å²) in [6.07, 6.45) is -4.24. The number of alkyl halides is 3. The van der Waals surface area contributed by atoms with Crippen molar-refractivity contribution >= 4 is 23.5 Å². The zero-order chi connectivity index (χ0) is 22.5. The first-order valence-electron chi connectivity index (χ1n) is 8.50. The Balaban J connectivity index is 2.14. The minimum absolute atomic E-state index is 0.0232. The summed E-state index contributed by atoms with van der Waals surface area (Å²) in [6.45, 7) is -0.381. The largest absolute Gasteiger partial charge is 0.468 e. The smallest absolute Gasteiger partial charge is 0.425 e. The molecule has 0 saturated carbocycles. The van der Waals surface area contributed by atoms with Gasteiger partial charge in [0.05, 0.1) is 13.5 Å². The Hall–Kier alpha value is -3.41. The third-order valence-electron chi connectivity index (χ3n) is 4.11. The summed E-state index contributed by atoms with van der Waals surface area (Å²) in [4.78, 5) is 38.9. The standard InChI is InChI=1S/C18H19F3N4O5/c1-25-7-6-22-16(25)17(29,18(19,20)21)9-13(26)24-12-5-3-4-11(8-12)15(28)23-10-14(27)30-2/h3-8,29H,9-10H2,1-2H3,(H,23,28)(H,24,26). The van der Waals surface area contributed by atoms with E-state index in [1.807, 2.05) is 0 Å². The van der Waals surface area contributed by atoms with E-state index in [-0.39, 0.29) is 17.8 Å². The lowest BCUT2D eigenvalue weighted by atomic mass is 9.97. The number of carbonyl (C=O) groups excluding carboxylic acids is 3. The molecule has 0 bridgehead atoms. The highest BCUT2D eigenvalue weighted by Crippen LogP contribution is 2.40. The second kappa shape index (κ2) is 8.95. The predicted octanol–water partition coefficient (Wildman–Crippen LogP) is 1.10. The molecule has 0 fully saturated rings. The molecule has 162 valence electrons. The van der Waals surface area contributed by atoms with Crippen LogP contribution in [0.3, 0.4) is 0 Å². The van der Waals surface area contributed by atoms with Crippen LogP contribution >= 0.6 is 0 Å². The van der Waals surface area contributed by atoms with Crippen molar-refractivity contribution in [1.82, 2.24) is 14.9 Å². The quantitative estimate of drug-likeness (QED) is 0.568. The van der Waals surface area contributed by atoms with Gasteiger partial charge >= 0.3 is 12.1 Å². The number of hydrogen-bond acceptors (Lipinski definition) is 6. The fourth-order valence-corrected chi connectivity index (χ4v) is 2.57. The number of anilines is 1. The molecule has 2 aromatic rings. The van der Waals surface area contributed by atoms with Gasteiger partial charge in [0.25, 0.3) is 5.91 Å². The predicted molar refractivity (Wildman–Crippen MR) is 97.2 cm³/mol. The molecule has 3 N–H and O–H groups in total. The molecule has 0 spiro atoms. The first kappa shape index (κ1) is 22.9. The molecule has 30 heavy (non-hydrogen) atoms. The number of hydrogen-bond donors (Lipinski definition) is 3. The molecule has 2 amide bonds. The lowest BCUT2D eigenvalue weighted by molar-refractivity contribution is -0.270. The summed E-state index contributed by atoms with van der Waals surface area (Å²) >= 11 is 0. The minimum atomic E-state index is -5.17. The van der Waals surface area contributed by atoms with Crippen molar-refractivity contribution in [3.8, 4) is 0 Å². The molecule has 0 aliphatic heterocycles. The van der Waals surface area contributed by atoms with Crippen LogP contribution in [0.4, 0.5) is 18.9 Å². The van der Waals surface area contributed by atoms with Crippen LogP contribution in [0.5, 0.6) is 0 Å². The van der Waals surface area contributed by atoms with Crippen LogP contribution in [-0.2, 0) is 27.0 Å². The van der Waals surface area contributed by atoms with E-state index in [1.165, 1.54) is 37.5 Å². The second-order valence-electron chi connectivity index (χ2n) is 6.28. The summed E-state index contributed by atoms with van der Waals surface area (Å²) in [6, 6.07) is 5.32. The maximum absolute atomic E-state index is 13.5. The van der Waals surface area contributed by atoms with Crippen molar-refractivity contribution < 1.29 is 37.4 Å². The van der Waals surface area contributed by atoms with Crippen molar-refractivity contribution in [1.29, 1.82) is 0 Å². The van der Waals surface area contributed by atoms with Crippen molar-refractivity contribution in [2.75, 3.05) is 19.0 Å². The van der Waals surface area contributed by atoms with Gasteiger partial charge in [0.1, 0.15) is 6.54 Å². The number of aryl methyl sites for hydroxylation is 1. The van der Waals surface area contributed by atoms with Crippen LogP contribution in [0.25, 0.3) is 0 Å². The van der Waals surface area contributed by atoms with Crippen molar-refractivity contribution in [2.45, 2.75) is 18.2 Å². The van der Waals surface area contributed by atoms with Gasteiger partial charge < -0.3 is 25.0 Å². The number of imidazole rings is 1. The summed E-state index contributed by atoms with van der Waals surface area (Å²) in [5.41, 5.74) is -3.44. The van der Waals surface area contributed by atoms with E-state index >= 15 is 0 Å². The maximum Gasteiger partial charge on any atom is 0.425 e. The van der Waals surface area contributed by atoms with E-state index in [1.54, 1.807) is 0 Å². The summed E-state index contributed by atoms with van der Waals surface area (Å²) in [5.74, 6) is -3.21. The zero-order valence-electron chi connectivity index (χ0n) is 16.0. The number of carbonyl (C=O) groups is 3. The van der Waals surface area contributed by atoms with E-state index in [2.05, 4.69) is 20.4 Å². The first-order chi connectivity index (χ1) is 14.0. The Morgan fingerprint density at radius 1 is 1.27 bits per heavy atom. The maximum atomic E-state index is 13.5. The SMILES string of the molecule is COC(=O)CNC(=O)c1cccc(NC(=O)CC(O)(c2nccn2C)C(F)(F)F)c1. The van der Waals surface area contributed by atoms with E-state index < -0.39 is 41.8 Å². The topological polar surface area (TPSA) is 123 Å². The average Bonchev–Trinajstić information content (AvgIpc) is 3.11. The third kappa shape index (κ3) is 5.14. The number of halogens is 3. The van der Waals surface area contributed by atoms with Gasteiger partial charge in [-0.3, -0.25) is 14.4 Å². The van der Waals surface area contributed by atoms with Gasteiger partial charge in [0.15, 0.2) is 5.82 Å². The average molecular weight is 428 g/mol. The van der Waals surface area contributed by atoms with Crippen LogP contribution in [-0.4, -0.2) is 52.3 Å². The van der Waals surface area contributed by atoms with Crippen LogP contribution < -0.4 is 10.6 Å². The molecule has 1 aromatic heterocycles. The fourth-order valence-electron chi connectivity index (χ4n) is 2.57. The van der Waals surface area contributed by atoms with E-state index in [0.29, 0.717) is 0 Å². The molecular formula is C18H19F3N4O5. The molecule has 1 atom stereocenters. The Morgan fingerprint density at radius 3 is 2.53 bits per heavy atom. The number of amides is 2. The minimum Gasteiger partial charge on any atom is -0.468 e. The number of benzene rings is 1. The Morgan fingerprint density at radius 2 is 1.97 bits per heavy atom. The van der Waals surface area contributed by atoms with E-state index in [4.69, 9.17) is 0 Å². The highest BCUT2D eigenvalue weighted by molar-refractivity contribution is 5.98. The van der Waals surface area contributed by atoms with Crippen LogP contribution in [0.15, 0.2) is 36.7 Å². The zero-order valence-corrected chi connectivity index (χ0v) is 16.0. The van der Waals surface area contributed by atoms with E-state index in [9.17, 15) is 32.7 Å². The van der Waals surface area contributed by atoms with Crippen LogP contribution in [0.1, 0.15) is 22.6 Å². The number of ether oxygens (including phenoxy) is 1. The Kier molecular flexibility index (Phi) is 6.82. The fraction of sp³-hybridized carbons (Fsp3) is 0.333. The van der Waals surface area contributed by atoms with Crippen molar-refractivity contribution in [3.05, 3.63) is 48.0 Å². The summed E-state index contributed by atoms with van der Waals surface area (Å²) < 4.78 is 45.9. The van der Waals surface area contributed by atoms with Gasteiger partial charge in [-0.1, -0.05) is 6.07 Å². The summed E-state index contributed by atoms with van der Waals surface area (Å²) in [7, 11) is 2.41. The molecule has 1 heterocycles. The van der Waals surface area contributed by atoms with Crippen LogP contribution in [0.2, 0.25) is 0 Å². The van der Waals surface area contributed by atoms with Gasteiger partial charge in [-0.05, 0) is 18.2 Å². The molecule has 1 aromatic carbocycles. The highest BCUT2D eigenvalue weighted by atomic mass is 19.4. The molecule has 12 heteroatoms. The molecule has 0 aliphatic carbocycles. The number of rotatable bonds is 7.